The average Bonchev–Trinajstić information content (AvgIpc) is 1.95. The van der Waals surface area contributed by atoms with Crippen LogP contribution in [0.5, 0.6) is 0 Å². The third kappa shape index (κ3) is 2.02. The van der Waals surface area contributed by atoms with Crippen molar-refractivity contribution in [3.05, 3.63) is 16.4 Å². The van der Waals surface area contributed by atoms with Gasteiger partial charge in [0.2, 0.25) is 0 Å². The molecular formula is C7H10N4OS. The van der Waals surface area contributed by atoms with E-state index < -0.39 is 0 Å². The van der Waals surface area contributed by atoms with Crippen LogP contribution in [-0.2, 0) is 0 Å². The van der Waals surface area contributed by atoms with Crippen molar-refractivity contribution < 1.29 is 0 Å². The van der Waals surface area contributed by atoms with E-state index in [0.717, 1.165) is 13.1 Å². The molecule has 0 saturated carbocycles. The van der Waals surface area contributed by atoms with Gasteiger partial charge in [-0.3, -0.25) is 4.79 Å². The van der Waals surface area contributed by atoms with E-state index in [1.165, 1.54) is 6.07 Å². The predicted octanol–water partition coefficient (Wildman–Crippen LogP) is -0.584. The molecule has 0 aliphatic carbocycles. The van der Waals surface area contributed by atoms with E-state index in [4.69, 9.17) is 5.73 Å². The lowest BCUT2D eigenvalue weighted by Gasteiger charge is -2.25. The van der Waals surface area contributed by atoms with Crippen LogP contribution in [0.4, 0.5) is 5.82 Å². The zero-order valence-electron chi connectivity index (χ0n) is 6.91. The number of rotatable bonds is 2. The van der Waals surface area contributed by atoms with Crippen molar-refractivity contribution >= 4 is 17.6 Å². The molecule has 13 heavy (non-hydrogen) atoms. The van der Waals surface area contributed by atoms with Gasteiger partial charge in [0, 0.05) is 24.4 Å². The maximum absolute atomic E-state index is 11.0. The fourth-order valence-electron chi connectivity index (χ4n) is 1.01. The van der Waals surface area contributed by atoms with Gasteiger partial charge < -0.3 is 16.0 Å². The Hall–Kier alpha value is -1.01. The van der Waals surface area contributed by atoms with Gasteiger partial charge in [-0.15, -0.1) is 0 Å². The number of nitrogens with one attached hydrogen (secondary N) is 2. The number of aromatic nitrogens is 2. The van der Waals surface area contributed by atoms with E-state index in [-0.39, 0.29) is 11.4 Å². The molecular weight excluding hydrogens is 188 g/mol. The summed E-state index contributed by atoms with van der Waals surface area (Å²) >= 11 is 1.55. The highest BCUT2D eigenvalue weighted by atomic mass is 32.2. The number of anilines is 1. The van der Waals surface area contributed by atoms with Crippen LogP contribution in [0.25, 0.3) is 0 Å². The smallest absolute Gasteiger partial charge is 0.253 e. The molecule has 4 N–H and O–H groups in total. The minimum absolute atomic E-state index is 0.192. The van der Waals surface area contributed by atoms with Crippen molar-refractivity contribution in [2.24, 2.45) is 0 Å². The number of H-pyrrole nitrogens is 1. The first-order valence-corrected chi connectivity index (χ1v) is 4.86. The van der Waals surface area contributed by atoms with Crippen molar-refractivity contribution in [1.82, 2.24) is 15.3 Å². The molecule has 1 saturated heterocycles. The topological polar surface area (TPSA) is 83.8 Å². The van der Waals surface area contributed by atoms with Gasteiger partial charge in [-0.25, -0.2) is 4.98 Å². The van der Waals surface area contributed by atoms with E-state index in [1.807, 2.05) is 0 Å². The molecule has 0 radical (unpaired) electrons. The van der Waals surface area contributed by atoms with Gasteiger partial charge in [0.15, 0.2) is 5.16 Å². The fraction of sp³-hybridized carbons (Fsp3) is 0.429. The molecule has 2 heterocycles. The predicted molar refractivity (Wildman–Crippen MR) is 51.8 cm³/mol. The number of nitrogens with two attached hydrogens (primary N) is 1. The Morgan fingerprint density at radius 2 is 2.38 bits per heavy atom. The summed E-state index contributed by atoms with van der Waals surface area (Å²) in [6.45, 7) is 1.92. The van der Waals surface area contributed by atoms with Gasteiger partial charge >= 0.3 is 0 Å². The summed E-state index contributed by atoms with van der Waals surface area (Å²) in [4.78, 5) is 17.6. The molecule has 5 nitrogen and oxygen atoms in total. The Kier molecular flexibility index (Phi) is 2.24. The van der Waals surface area contributed by atoms with E-state index in [2.05, 4.69) is 15.3 Å². The van der Waals surface area contributed by atoms with Crippen LogP contribution in [0.2, 0.25) is 0 Å². The molecule has 6 heteroatoms. The molecule has 0 amide bonds. The lowest BCUT2D eigenvalue weighted by Crippen LogP contribution is -2.44. The van der Waals surface area contributed by atoms with Crippen LogP contribution in [0.3, 0.4) is 0 Å². The molecule has 1 fully saturated rings. The second-order valence-electron chi connectivity index (χ2n) is 2.87. The van der Waals surface area contributed by atoms with Crippen molar-refractivity contribution in [2.75, 3.05) is 18.8 Å². The molecule has 0 aromatic carbocycles. The van der Waals surface area contributed by atoms with Crippen LogP contribution in [0.1, 0.15) is 0 Å². The van der Waals surface area contributed by atoms with E-state index in [9.17, 15) is 4.79 Å². The van der Waals surface area contributed by atoms with Crippen molar-refractivity contribution in [2.45, 2.75) is 10.4 Å². The van der Waals surface area contributed by atoms with Gasteiger partial charge in [0.05, 0.1) is 0 Å². The quantitative estimate of drug-likeness (QED) is 0.553. The second-order valence-corrected chi connectivity index (χ2v) is 4.16. The van der Waals surface area contributed by atoms with E-state index in [0.29, 0.717) is 10.4 Å². The number of hydrogen-bond donors (Lipinski definition) is 3. The van der Waals surface area contributed by atoms with Gasteiger partial charge in [-0.05, 0) is 0 Å². The van der Waals surface area contributed by atoms with Crippen molar-refractivity contribution in [3.63, 3.8) is 0 Å². The van der Waals surface area contributed by atoms with Gasteiger partial charge in [0.25, 0.3) is 5.56 Å². The Morgan fingerprint density at radius 3 is 2.92 bits per heavy atom. The first-order valence-electron chi connectivity index (χ1n) is 3.98. The number of aromatic amines is 1. The minimum atomic E-state index is -0.192. The van der Waals surface area contributed by atoms with Crippen LogP contribution >= 0.6 is 11.8 Å². The third-order valence-corrected chi connectivity index (χ3v) is 2.85. The Labute approximate surface area is 79.1 Å². The standard InChI is InChI=1S/C7H10N4OS/c8-5-1-6(12)11-7(10-5)13-4-2-9-3-4/h1,4,9H,2-3H2,(H3,8,10,11,12). The second kappa shape index (κ2) is 3.39. The van der Waals surface area contributed by atoms with Crippen LogP contribution in [0, 0.1) is 0 Å². The summed E-state index contributed by atoms with van der Waals surface area (Å²) in [6.07, 6.45) is 0. The molecule has 70 valence electrons. The Balaban J connectivity index is 2.14. The molecule has 0 unspecified atom stereocenters. The zero-order valence-corrected chi connectivity index (χ0v) is 7.73. The molecule has 1 aromatic rings. The highest BCUT2D eigenvalue weighted by Crippen LogP contribution is 2.21. The normalized spacial score (nSPS) is 16.9. The summed E-state index contributed by atoms with van der Waals surface area (Å²) in [5, 5.41) is 4.25. The first-order chi connectivity index (χ1) is 6.24. The highest BCUT2D eigenvalue weighted by molar-refractivity contribution is 7.99. The Morgan fingerprint density at radius 1 is 1.62 bits per heavy atom. The third-order valence-electron chi connectivity index (χ3n) is 1.76. The van der Waals surface area contributed by atoms with Gasteiger partial charge in [-0.2, -0.15) is 0 Å². The molecule has 0 atom stereocenters. The maximum atomic E-state index is 11.0. The number of nitrogens with zero attached hydrogens (tertiary/aromatic N) is 1. The van der Waals surface area contributed by atoms with E-state index >= 15 is 0 Å². The Bertz CT molecular complexity index is 360. The summed E-state index contributed by atoms with van der Waals surface area (Å²) in [6, 6.07) is 1.28. The number of thioether (sulfide) groups is 1. The summed E-state index contributed by atoms with van der Waals surface area (Å²) in [5.41, 5.74) is 5.24. The SMILES string of the molecule is Nc1cc(=O)[nH]c(SC2CNC2)n1. The van der Waals surface area contributed by atoms with Crippen LogP contribution in [0.15, 0.2) is 16.0 Å². The van der Waals surface area contributed by atoms with Crippen LogP contribution in [-0.4, -0.2) is 28.3 Å². The molecule has 0 bridgehead atoms. The fourth-order valence-corrected chi connectivity index (χ4v) is 2.05. The van der Waals surface area contributed by atoms with E-state index in [1.54, 1.807) is 11.8 Å². The zero-order chi connectivity index (χ0) is 9.26. The largest absolute Gasteiger partial charge is 0.383 e. The summed E-state index contributed by atoms with van der Waals surface area (Å²) in [5.74, 6) is 0.276. The minimum Gasteiger partial charge on any atom is -0.383 e. The molecule has 2 rings (SSSR count). The molecule has 1 aliphatic rings. The molecule has 1 aliphatic heterocycles. The maximum Gasteiger partial charge on any atom is 0.253 e. The summed E-state index contributed by atoms with van der Waals surface area (Å²) in [7, 11) is 0. The monoisotopic (exact) mass is 198 g/mol. The van der Waals surface area contributed by atoms with Crippen LogP contribution < -0.4 is 16.6 Å². The highest BCUT2D eigenvalue weighted by Gasteiger charge is 2.18. The lowest BCUT2D eigenvalue weighted by molar-refractivity contribution is 0.542. The van der Waals surface area contributed by atoms with Gasteiger partial charge in [-0.1, -0.05) is 11.8 Å². The van der Waals surface area contributed by atoms with Gasteiger partial charge in [0.1, 0.15) is 5.82 Å². The molecule has 0 spiro atoms. The van der Waals surface area contributed by atoms with Crippen molar-refractivity contribution in [1.29, 1.82) is 0 Å². The average molecular weight is 198 g/mol. The van der Waals surface area contributed by atoms with Crippen molar-refractivity contribution in [3.8, 4) is 0 Å². The number of nitrogen functional groups attached to an aromatic ring is 1. The lowest BCUT2D eigenvalue weighted by atomic mass is 10.3. The number of hydrogen-bond acceptors (Lipinski definition) is 5. The summed E-state index contributed by atoms with van der Waals surface area (Å²) < 4.78 is 0. The first kappa shape index (κ1) is 8.58. The molecule has 1 aromatic heterocycles.